The van der Waals surface area contributed by atoms with Gasteiger partial charge in [0.05, 0.1) is 7.11 Å². The van der Waals surface area contributed by atoms with Gasteiger partial charge in [-0.2, -0.15) is 0 Å². The monoisotopic (exact) mass is 221 g/mol. The van der Waals surface area contributed by atoms with Gasteiger partial charge in [-0.3, -0.25) is 0 Å². The van der Waals surface area contributed by atoms with Crippen LogP contribution in [-0.2, 0) is 0 Å². The zero-order valence-electron chi connectivity index (χ0n) is 9.95. The molecule has 16 heavy (non-hydrogen) atoms. The number of methoxy groups -OCH3 is 1. The normalized spacial score (nSPS) is 20.5. The number of benzene rings is 1. The van der Waals surface area contributed by atoms with Crippen LogP contribution in [0.4, 0.5) is 0 Å². The van der Waals surface area contributed by atoms with Crippen molar-refractivity contribution in [3.05, 3.63) is 23.8 Å². The smallest absolute Gasteiger partial charge is 0.164 e. The molecular weight excluding hydrogens is 202 g/mol. The molecule has 1 aromatic rings. The molecule has 1 heterocycles. The number of hydrogen-bond acceptors (Lipinski definition) is 3. The van der Waals surface area contributed by atoms with Gasteiger partial charge in [0, 0.05) is 6.54 Å². The number of hydrogen-bond donors (Lipinski definition) is 1. The van der Waals surface area contributed by atoms with E-state index in [1.165, 1.54) is 6.42 Å². The zero-order valence-corrected chi connectivity index (χ0v) is 9.95. The van der Waals surface area contributed by atoms with Crippen molar-refractivity contribution < 1.29 is 9.47 Å². The molecule has 1 aliphatic heterocycles. The number of piperidine rings is 1. The van der Waals surface area contributed by atoms with Gasteiger partial charge in [-0.25, -0.2) is 0 Å². The third-order valence-corrected chi connectivity index (χ3v) is 2.93. The van der Waals surface area contributed by atoms with Gasteiger partial charge in [0.1, 0.15) is 6.10 Å². The highest BCUT2D eigenvalue weighted by molar-refractivity contribution is 5.46. The summed E-state index contributed by atoms with van der Waals surface area (Å²) in [6.07, 6.45) is 2.56. The molecule has 0 aliphatic carbocycles. The van der Waals surface area contributed by atoms with E-state index in [0.717, 1.165) is 36.6 Å². The maximum atomic E-state index is 6.02. The lowest BCUT2D eigenvalue weighted by Gasteiger charge is -2.25. The second-order valence-corrected chi connectivity index (χ2v) is 4.19. The molecule has 0 spiro atoms. The predicted molar refractivity (Wildman–Crippen MR) is 64.3 cm³/mol. The fourth-order valence-corrected chi connectivity index (χ4v) is 2.02. The van der Waals surface area contributed by atoms with Crippen LogP contribution >= 0.6 is 0 Å². The summed E-state index contributed by atoms with van der Waals surface area (Å²) in [6, 6.07) is 5.98. The van der Waals surface area contributed by atoms with Crippen LogP contribution in [0.15, 0.2) is 18.2 Å². The highest BCUT2D eigenvalue weighted by atomic mass is 16.5. The van der Waals surface area contributed by atoms with Gasteiger partial charge in [0.2, 0.25) is 0 Å². The molecule has 0 aromatic heterocycles. The first kappa shape index (κ1) is 11.3. The maximum Gasteiger partial charge on any atom is 0.164 e. The van der Waals surface area contributed by atoms with E-state index in [9.17, 15) is 0 Å². The molecule has 1 N–H and O–H groups in total. The average molecular weight is 221 g/mol. The molecule has 1 atom stereocenters. The van der Waals surface area contributed by atoms with Crippen LogP contribution in [-0.4, -0.2) is 26.3 Å². The van der Waals surface area contributed by atoms with Crippen LogP contribution in [0.25, 0.3) is 0 Å². The average Bonchev–Trinajstić information content (AvgIpc) is 2.33. The summed E-state index contributed by atoms with van der Waals surface area (Å²) < 4.78 is 11.3. The van der Waals surface area contributed by atoms with Crippen molar-refractivity contribution in [3.8, 4) is 11.5 Å². The standard InChI is InChI=1S/C13H19NO2/c1-10-5-3-7-12(15-2)13(10)16-11-6-4-8-14-9-11/h3,5,7,11,14H,4,6,8-9H2,1-2H3. The molecule has 88 valence electrons. The molecular formula is C13H19NO2. The van der Waals surface area contributed by atoms with Crippen molar-refractivity contribution in [1.29, 1.82) is 0 Å². The number of rotatable bonds is 3. The van der Waals surface area contributed by atoms with Crippen LogP contribution in [0.2, 0.25) is 0 Å². The topological polar surface area (TPSA) is 30.5 Å². The van der Waals surface area contributed by atoms with E-state index >= 15 is 0 Å². The molecule has 0 radical (unpaired) electrons. The first-order valence-corrected chi connectivity index (χ1v) is 5.82. The molecule has 3 heteroatoms. The highest BCUT2D eigenvalue weighted by Gasteiger charge is 2.17. The summed E-state index contributed by atoms with van der Waals surface area (Å²) in [5.74, 6) is 1.71. The third kappa shape index (κ3) is 2.47. The van der Waals surface area contributed by atoms with Gasteiger partial charge < -0.3 is 14.8 Å². The van der Waals surface area contributed by atoms with Crippen molar-refractivity contribution in [2.24, 2.45) is 0 Å². The quantitative estimate of drug-likeness (QED) is 0.848. The SMILES string of the molecule is COc1cccc(C)c1OC1CCCNC1. The van der Waals surface area contributed by atoms with E-state index in [0.29, 0.717) is 0 Å². The molecule has 1 fully saturated rings. The summed E-state index contributed by atoms with van der Waals surface area (Å²) in [7, 11) is 1.68. The van der Waals surface area contributed by atoms with Crippen molar-refractivity contribution in [2.45, 2.75) is 25.9 Å². The molecule has 1 unspecified atom stereocenters. The number of aryl methyl sites for hydroxylation is 1. The first-order chi connectivity index (χ1) is 7.81. The Morgan fingerprint density at radius 1 is 1.38 bits per heavy atom. The minimum absolute atomic E-state index is 0.267. The van der Waals surface area contributed by atoms with E-state index < -0.39 is 0 Å². The summed E-state index contributed by atoms with van der Waals surface area (Å²) in [6.45, 7) is 4.08. The second-order valence-electron chi connectivity index (χ2n) is 4.19. The lowest BCUT2D eigenvalue weighted by Crippen LogP contribution is -2.37. The largest absolute Gasteiger partial charge is 0.493 e. The Morgan fingerprint density at radius 2 is 2.25 bits per heavy atom. The number of para-hydroxylation sites is 1. The van der Waals surface area contributed by atoms with Gasteiger partial charge in [0.15, 0.2) is 11.5 Å². The van der Waals surface area contributed by atoms with E-state index in [4.69, 9.17) is 9.47 Å². The predicted octanol–water partition coefficient (Wildman–Crippen LogP) is 2.13. The van der Waals surface area contributed by atoms with Crippen molar-refractivity contribution in [2.75, 3.05) is 20.2 Å². The molecule has 0 amide bonds. The first-order valence-electron chi connectivity index (χ1n) is 5.82. The van der Waals surface area contributed by atoms with Crippen molar-refractivity contribution >= 4 is 0 Å². The highest BCUT2D eigenvalue weighted by Crippen LogP contribution is 2.31. The van der Waals surface area contributed by atoms with Crippen LogP contribution in [0.1, 0.15) is 18.4 Å². The Bertz CT molecular complexity index is 346. The summed E-state index contributed by atoms with van der Waals surface area (Å²) in [5, 5.41) is 3.35. The maximum absolute atomic E-state index is 6.02. The molecule has 1 aliphatic rings. The van der Waals surface area contributed by atoms with E-state index in [1.54, 1.807) is 7.11 Å². The molecule has 3 nitrogen and oxygen atoms in total. The lowest BCUT2D eigenvalue weighted by molar-refractivity contribution is 0.160. The minimum Gasteiger partial charge on any atom is -0.493 e. The fourth-order valence-electron chi connectivity index (χ4n) is 2.02. The molecule has 0 saturated carbocycles. The fraction of sp³-hybridized carbons (Fsp3) is 0.538. The Balaban J connectivity index is 2.12. The van der Waals surface area contributed by atoms with Crippen LogP contribution < -0.4 is 14.8 Å². The van der Waals surface area contributed by atoms with Crippen LogP contribution in [0, 0.1) is 6.92 Å². The van der Waals surface area contributed by atoms with E-state index in [-0.39, 0.29) is 6.10 Å². The van der Waals surface area contributed by atoms with Gasteiger partial charge in [-0.15, -0.1) is 0 Å². The number of nitrogens with one attached hydrogen (secondary N) is 1. The van der Waals surface area contributed by atoms with Gasteiger partial charge in [-0.05, 0) is 37.9 Å². The van der Waals surface area contributed by atoms with E-state index in [2.05, 4.69) is 5.32 Å². The van der Waals surface area contributed by atoms with Gasteiger partial charge >= 0.3 is 0 Å². The Hall–Kier alpha value is -1.22. The minimum atomic E-state index is 0.267. The Morgan fingerprint density at radius 3 is 2.94 bits per heavy atom. The molecule has 0 bridgehead atoms. The molecule has 2 rings (SSSR count). The van der Waals surface area contributed by atoms with Gasteiger partial charge in [0.25, 0.3) is 0 Å². The molecule has 1 aromatic carbocycles. The van der Waals surface area contributed by atoms with Crippen molar-refractivity contribution in [3.63, 3.8) is 0 Å². The van der Waals surface area contributed by atoms with Crippen LogP contribution in [0.5, 0.6) is 11.5 Å². The second kappa shape index (κ2) is 5.21. The zero-order chi connectivity index (χ0) is 11.4. The summed E-state index contributed by atoms with van der Waals surface area (Å²) in [4.78, 5) is 0. The van der Waals surface area contributed by atoms with Crippen molar-refractivity contribution in [1.82, 2.24) is 5.32 Å². The Labute approximate surface area is 96.8 Å². The summed E-state index contributed by atoms with van der Waals surface area (Å²) >= 11 is 0. The number of ether oxygens (including phenoxy) is 2. The van der Waals surface area contributed by atoms with Gasteiger partial charge in [-0.1, -0.05) is 12.1 Å². The third-order valence-electron chi connectivity index (χ3n) is 2.93. The Kier molecular flexibility index (Phi) is 3.67. The lowest BCUT2D eigenvalue weighted by atomic mass is 10.1. The molecule has 1 saturated heterocycles. The van der Waals surface area contributed by atoms with Crippen LogP contribution in [0.3, 0.4) is 0 Å². The summed E-state index contributed by atoms with van der Waals surface area (Å²) in [5.41, 5.74) is 1.13. The van der Waals surface area contributed by atoms with E-state index in [1.807, 2.05) is 25.1 Å².